The van der Waals surface area contributed by atoms with Gasteiger partial charge in [-0.15, -0.1) is 13.2 Å². The van der Waals surface area contributed by atoms with Crippen molar-refractivity contribution in [2.75, 3.05) is 6.61 Å². The number of hydrogen-bond donors (Lipinski definition) is 1. The Morgan fingerprint density at radius 2 is 2.05 bits per heavy atom. The van der Waals surface area contributed by atoms with Gasteiger partial charge < -0.3 is 14.6 Å². The van der Waals surface area contributed by atoms with Gasteiger partial charge in [0.1, 0.15) is 5.75 Å². The lowest BCUT2D eigenvalue weighted by molar-refractivity contribution is -0.275. The number of carboxylic acids is 1. The molecule has 0 aromatic heterocycles. The predicted octanol–water partition coefficient (Wildman–Crippen LogP) is 3.14. The fraction of sp³-hybridized carbons (Fsp3) is 0.462. The van der Waals surface area contributed by atoms with Gasteiger partial charge in [-0.2, -0.15) is 0 Å². The minimum Gasteiger partial charge on any atom is -0.481 e. The van der Waals surface area contributed by atoms with Gasteiger partial charge in [-0.25, -0.2) is 0 Å². The lowest BCUT2D eigenvalue weighted by Gasteiger charge is -2.30. The lowest BCUT2D eigenvalue weighted by Crippen LogP contribution is -2.29. The van der Waals surface area contributed by atoms with Crippen LogP contribution in [0.4, 0.5) is 13.2 Å². The number of halogens is 3. The van der Waals surface area contributed by atoms with Gasteiger partial charge in [0.2, 0.25) is 0 Å². The Balaban J connectivity index is 2.33. The quantitative estimate of drug-likeness (QED) is 0.929. The van der Waals surface area contributed by atoms with Crippen LogP contribution < -0.4 is 4.74 Å². The Morgan fingerprint density at radius 3 is 2.70 bits per heavy atom. The molecule has 1 aliphatic heterocycles. The third-order valence-electron chi connectivity index (χ3n) is 3.09. The van der Waals surface area contributed by atoms with Gasteiger partial charge in [0, 0.05) is 12.2 Å². The Morgan fingerprint density at radius 1 is 1.35 bits per heavy atom. The van der Waals surface area contributed by atoms with Crippen LogP contribution >= 0.6 is 0 Å². The maximum atomic E-state index is 12.4. The summed E-state index contributed by atoms with van der Waals surface area (Å²) in [5.41, 5.74) is 0.108. The molecular weight excluding hydrogens is 277 g/mol. The summed E-state index contributed by atoms with van der Waals surface area (Å²) < 4.78 is 46.4. The van der Waals surface area contributed by atoms with Crippen molar-refractivity contribution in [1.82, 2.24) is 0 Å². The summed E-state index contributed by atoms with van der Waals surface area (Å²) in [5, 5.41) is 9.15. The topological polar surface area (TPSA) is 55.8 Å². The van der Waals surface area contributed by atoms with Crippen LogP contribution in [0.2, 0.25) is 0 Å². The third-order valence-corrected chi connectivity index (χ3v) is 3.09. The maximum Gasteiger partial charge on any atom is 0.573 e. The van der Waals surface area contributed by atoms with Gasteiger partial charge in [-0.05, 0) is 18.9 Å². The molecule has 2 rings (SSSR count). The van der Waals surface area contributed by atoms with Crippen molar-refractivity contribution >= 4 is 5.97 Å². The SMILES string of the molecule is O=C(O)C1CCCOC1c1ccccc1OC(F)(F)F. The van der Waals surface area contributed by atoms with Crippen molar-refractivity contribution in [1.29, 1.82) is 0 Å². The third kappa shape index (κ3) is 3.41. The van der Waals surface area contributed by atoms with E-state index in [1.807, 2.05) is 0 Å². The van der Waals surface area contributed by atoms with E-state index in [1.165, 1.54) is 18.2 Å². The van der Waals surface area contributed by atoms with E-state index in [2.05, 4.69) is 4.74 Å². The molecule has 20 heavy (non-hydrogen) atoms. The molecule has 1 aromatic rings. The number of aliphatic carboxylic acids is 1. The minimum absolute atomic E-state index is 0.108. The molecule has 0 amide bonds. The molecule has 1 saturated heterocycles. The highest BCUT2D eigenvalue weighted by molar-refractivity contribution is 5.71. The van der Waals surface area contributed by atoms with Gasteiger partial charge >= 0.3 is 12.3 Å². The van der Waals surface area contributed by atoms with E-state index in [1.54, 1.807) is 0 Å². The zero-order valence-corrected chi connectivity index (χ0v) is 10.4. The zero-order valence-electron chi connectivity index (χ0n) is 10.4. The summed E-state index contributed by atoms with van der Waals surface area (Å²) >= 11 is 0. The summed E-state index contributed by atoms with van der Waals surface area (Å²) in [4.78, 5) is 11.2. The number of hydrogen-bond acceptors (Lipinski definition) is 3. The molecule has 0 radical (unpaired) electrons. The molecule has 1 aliphatic rings. The molecule has 2 unspecified atom stereocenters. The van der Waals surface area contributed by atoms with Gasteiger partial charge in [0.05, 0.1) is 12.0 Å². The number of rotatable bonds is 3. The van der Waals surface area contributed by atoms with Gasteiger partial charge in [-0.1, -0.05) is 18.2 Å². The van der Waals surface area contributed by atoms with Gasteiger partial charge in [-0.3, -0.25) is 4.79 Å². The van der Waals surface area contributed by atoms with E-state index in [0.29, 0.717) is 19.4 Å². The van der Waals surface area contributed by atoms with Crippen LogP contribution in [0.5, 0.6) is 5.75 Å². The average molecular weight is 290 g/mol. The summed E-state index contributed by atoms with van der Waals surface area (Å²) in [6.07, 6.45) is -4.83. The van der Waals surface area contributed by atoms with Crippen LogP contribution in [-0.4, -0.2) is 24.0 Å². The standard InChI is InChI=1S/C13H13F3O4/c14-13(15,16)20-10-6-2-1-4-8(10)11-9(12(17)18)5-3-7-19-11/h1-2,4,6,9,11H,3,5,7H2,(H,17,18). The van der Waals surface area contributed by atoms with Crippen molar-refractivity contribution in [3.8, 4) is 5.75 Å². The molecule has 2 atom stereocenters. The fourth-order valence-electron chi connectivity index (χ4n) is 2.27. The molecule has 0 aliphatic carbocycles. The second-order valence-corrected chi connectivity index (χ2v) is 4.46. The zero-order chi connectivity index (χ0) is 14.8. The molecule has 1 fully saturated rings. The minimum atomic E-state index is -4.83. The molecule has 7 heteroatoms. The van der Waals surface area contributed by atoms with E-state index in [9.17, 15) is 18.0 Å². The average Bonchev–Trinajstić information content (AvgIpc) is 2.37. The molecule has 0 bridgehead atoms. The number of para-hydroxylation sites is 1. The van der Waals surface area contributed by atoms with Crippen molar-refractivity contribution < 1.29 is 32.5 Å². The molecule has 1 N–H and O–H groups in total. The second-order valence-electron chi connectivity index (χ2n) is 4.46. The molecule has 0 spiro atoms. The Hall–Kier alpha value is -1.76. The summed E-state index contributed by atoms with van der Waals surface area (Å²) in [6, 6.07) is 5.46. The smallest absolute Gasteiger partial charge is 0.481 e. The molecule has 1 heterocycles. The van der Waals surface area contributed by atoms with E-state index in [-0.39, 0.29) is 5.56 Å². The van der Waals surface area contributed by atoms with Crippen LogP contribution in [0.25, 0.3) is 0 Å². The highest BCUT2D eigenvalue weighted by Crippen LogP contribution is 2.39. The number of carbonyl (C=O) groups is 1. The first kappa shape index (κ1) is 14.6. The van der Waals surface area contributed by atoms with Crippen molar-refractivity contribution in [3.63, 3.8) is 0 Å². The highest BCUT2D eigenvalue weighted by Gasteiger charge is 2.37. The predicted molar refractivity (Wildman–Crippen MR) is 62.2 cm³/mol. The summed E-state index contributed by atoms with van der Waals surface area (Å²) in [5.74, 6) is -2.38. The molecular formula is C13H13F3O4. The van der Waals surface area contributed by atoms with Crippen LogP contribution in [0.1, 0.15) is 24.5 Å². The van der Waals surface area contributed by atoms with E-state index in [0.717, 1.165) is 6.07 Å². The normalized spacial score (nSPS) is 23.4. The van der Waals surface area contributed by atoms with Crippen molar-refractivity contribution in [2.45, 2.75) is 25.3 Å². The number of alkyl halides is 3. The number of ether oxygens (including phenoxy) is 2. The molecule has 1 aromatic carbocycles. The van der Waals surface area contributed by atoms with Crippen LogP contribution in [0.3, 0.4) is 0 Å². The molecule has 110 valence electrons. The first-order chi connectivity index (χ1) is 9.38. The van der Waals surface area contributed by atoms with E-state index in [4.69, 9.17) is 9.84 Å². The van der Waals surface area contributed by atoms with Crippen LogP contribution in [0.15, 0.2) is 24.3 Å². The number of carboxylic acid groups (broad SMARTS) is 1. The van der Waals surface area contributed by atoms with Crippen LogP contribution in [0, 0.1) is 5.92 Å². The first-order valence-electron chi connectivity index (χ1n) is 6.07. The fourth-order valence-corrected chi connectivity index (χ4v) is 2.27. The monoisotopic (exact) mass is 290 g/mol. The Bertz CT molecular complexity index is 487. The second kappa shape index (κ2) is 5.70. The first-order valence-corrected chi connectivity index (χ1v) is 6.07. The van der Waals surface area contributed by atoms with Gasteiger partial charge in [0.15, 0.2) is 0 Å². The summed E-state index contributed by atoms with van der Waals surface area (Å²) in [6.45, 7) is 0.314. The van der Waals surface area contributed by atoms with E-state index >= 15 is 0 Å². The van der Waals surface area contributed by atoms with Crippen molar-refractivity contribution in [2.24, 2.45) is 5.92 Å². The lowest BCUT2D eigenvalue weighted by atomic mass is 9.89. The molecule has 0 saturated carbocycles. The summed E-state index contributed by atoms with van der Waals surface area (Å²) in [7, 11) is 0. The van der Waals surface area contributed by atoms with Crippen LogP contribution in [-0.2, 0) is 9.53 Å². The number of benzene rings is 1. The maximum absolute atomic E-state index is 12.4. The molecule has 4 nitrogen and oxygen atoms in total. The van der Waals surface area contributed by atoms with E-state index < -0.39 is 30.1 Å². The highest BCUT2D eigenvalue weighted by atomic mass is 19.4. The van der Waals surface area contributed by atoms with Crippen molar-refractivity contribution in [3.05, 3.63) is 29.8 Å². The Kier molecular flexibility index (Phi) is 4.17. The Labute approximate surface area is 113 Å². The van der Waals surface area contributed by atoms with Gasteiger partial charge in [0.25, 0.3) is 0 Å². The largest absolute Gasteiger partial charge is 0.573 e.